The fraction of sp³-hybridized carbons (Fsp3) is 0.611. The lowest BCUT2D eigenvalue weighted by Crippen LogP contribution is -2.36. The van der Waals surface area contributed by atoms with Gasteiger partial charge in [-0.1, -0.05) is 45.0 Å². The summed E-state index contributed by atoms with van der Waals surface area (Å²) in [6, 6.07) is 8.51. The number of rotatable bonds is 4. The van der Waals surface area contributed by atoms with Gasteiger partial charge in [0.05, 0.1) is 6.04 Å². The maximum atomic E-state index is 12.2. The van der Waals surface area contributed by atoms with Crippen LogP contribution in [0, 0.1) is 5.41 Å². The second-order valence-electron chi connectivity index (χ2n) is 7.44. The van der Waals surface area contributed by atoms with Crippen molar-refractivity contribution in [2.24, 2.45) is 11.1 Å². The average Bonchev–Trinajstić information content (AvgIpc) is 2.36. The molecule has 0 saturated heterocycles. The van der Waals surface area contributed by atoms with Crippen molar-refractivity contribution in [3.8, 4) is 0 Å². The summed E-state index contributed by atoms with van der Waals surface area (Å²) in [5, 5.41) is 3.17. The van der Waals surface area contributed by atoms with Crippen LogP contribution in [0.4, 0.5) is 0 Å². The van der Waals surface area contributed by atoms with E-state index in [0.29, 0.717) is 6.42 Å². The van der Waals surface area contributed by atoms with E-state index in [2.05, 4.69) is 50.4 Å². The van der Waals surface area contributed by atoms with Crippen LogP contribution in [0.15, 0.2) is 24.3 Å². The smallest absolute Gasteiger partial charge is 0.222 e. The second-order valence-corrected chi connectivity index (χ2v) is 7.44. The van der Waals surface area contributed by atoms with Crippen molar-refractivity contribution in [3.05, 3.63) is 35.4 Å². The standard InChI is InChI=1S/C18H28N2O/c1-18(2,3)12-14(19)11-17(21)20-16-10-6-8-13-7-4-5-9-15(13)16/h4-5,7,9,14,16H,6,8,10-12,19H2,1-3H3,(H,20,21). The zero-order valence-electron chi connectivity index (χ0n) is 13.5. The van der Waals surface area contributed by atoms with Crippen LogP contribution in [-0.4, -0.2) is 11.9 Å². The Balaban J connectivity index is 1.92. The molecule has 0 aromatic heterocycles. The van der Waals surface area contributed by atoms with E-state index in [0.717, 1.165) is 25.7 Å². The van der Waals surface area contributed by atoms with Crippen molar-refractivity contribution in [1.82, 2.24) is 5.32 Å². The van der Waals surface area contributed by atoms with Gasteiger partial charge in [0.15, 0.2) is 0 Å². The SMILES string of the molecule is CC(C)(C)CC(N)CC(=O)NC1CCCc2ccccc21. The molecule has 2 unspecified atom stereocenters. The van der Waals surface area contributed by atoms with Crippen molar-refractivity contribution in [2.75, 3.05) is 0 Å². The first-order valence-corrected chi connectivity index (χ1v) is 7.98. The molecule has 3 heteroatoms. The molecule has 3 N–H and O–H groups in total. The molecule has 1 aliphatic carbocycles. The van der Waals surface area contributed by atoms with Gasteiger partial charge in [0.2, 0.25) is 5.91 Å². The monoisotopic (exact) mass is 288 g/mol. The number of carbonyl (C=O) groups excluding carboxylic acids is 1. The number of nitrogens with one attached hydrogen (secondary N) is 1. The Morgan fingerprint density at radius 2 is 2.10 bits per heavy atom. The predicted molar refractivity (Wildman–Crippen MR) is 86.9 cm³/mol. The molecule has 1 amide bonds. The number of aryl methyl sites for hydroxylation is 1. The summed E-state index contributed by atoms with van der Waals surface area (Å²) in [7, 11) is 0. The van der Waals surface area contributed by atoms with Gasteiger partial charge in [0, 0.05) is 12.5 Å². The molecule has 0 spiro atoms. The minimum Gasteiger partial charge on any atom is -0.349 e. The fourth-order valence-electron chi connectivity index (χ4n) is 3.25. The average molecular weight is 288 g/mol. The van der Waals surface area contributed by atoms with Crippen LogP contribution in [0.5, 0.6) is 0 Å². The normalized spacial score (nSPS) is 19.7. The van der Waals surface area contributed by atoms with Crippen molar-refractivity contribution in [3.63, 3.8) is 0 Å². The molecule has 21 heavy (non-hydrogen) atoms. The quantitative estimate of drug-likeness (QED) is 0.893. The van der Waals surface area contributed by atoms with Crippen LogP contribution in [0.25, 0.3) is 0 Å². The number of nitrogens with two attached hydrogens (primary N) is 1. The molecular formula is C18H28N2O. The second kappa shape index (κ2) is 6.61. The van der Waals surface area contributed by atoms with Gasteiger partial charge in [-0.05, 0) is 42.2 Å². The van der Waals surface area contributed by atoms with Crippen LogP contribution < -0.4 is 11.1 Å². The highest BCUT2D eigenvalue weighted by Gasteiger charge is 2.23. The van der Waals surface area contributed by atoms with Crippen LogP contribution in [0.2, 0.25) is 0 Å². The van der Waals surface area contributed by atoms with Gasteiger partial charge in [-0.3, -0.25) is 4.79 Å². The van der Waals surface area contributed by atoms with Gasteiger partial charge in [-0.2, -0.15) is 0 Å². The third-order valence-corrected chi connectivity index (χ3v) is 4.03. The van der Waals surface area contributed by atoms with Crippen molar-refractivity contribution < 1.29 is 4.79 Å². The summed E-state index contributed by atoms with van der Waals surface area (Å²) in [6.07, 6.45) is 4.55. The van der Waals surface area contributed by atoms with E-state index in [9.17, 15) is 4.79 Å². The molecule has 3 nitrogen and oxygen atoms in total. The van der Waals surface area contributed by atoms with Gasteiger partial charge in [0.1, 0.15) is 0 Å². The fourth-order valence-corrected chi connectivity index (χ4v) is 3.25. The number of amides is 1. The Labute approximate surface area is 128 Å². The first-order chi connectivity index (χ1) is 9.85. The lowest BCUT2D eigenvalue weighted by molar-refractivity contribution is -0.122. The van der Waals surface area contributed by atoms with Crippen LogP contribution in [-0.2, 0) is 11.2 Å². The zero-order chi connectivity index (χ0) is 15.5. The highest BCUT2D eigenvalue weighted by molar-refractivity contribution is 5.77. The maximum Gasteiger partial charge on any atom is 0.222 e. The predicted octanol–water partition coefficient (Wildman–Crippen LogP) is 3.33. The number of carbonyl (C=O) groups is 1. The van der Waals surface area contributed by atoms with E-state index in [1.165, 1.54) is 11.1 Å². The van der Waals surface area contributed by atoms with Crippen LogP contribution >= 0.6 is 0 Å². The third-order valence-electron chi connectivity index (χ3n) is 4.03. The molecule has 1 aromatic carbocycles. The van der Waals surface area contributed by atoms with E-state index in [4.69, 9.17) is 5.73 Å². The molecule has 0 heterocycles. The summed E-state index contributed by atoms with van der Waals surface area (Å²) in [6.45, 7) is 6.46. The first kappa shape index (κ1) is 16.0. The molecule has 1 aromatic rings. The summed E-state index contributed by atoms with van der Waals surface area (Å²) >= 11 is 0. The van der Waals surface area contributed by atoms with Crippen molar-refractivity contribution in [1.29, 1.82) is 0 Å². The van der Waals surface area contributed by atoms with E-state index in [1.807, 2.05) is 0 Å². The molecule has 0 bridgehead atoms. The first-order valence-electron chi connectivity index (χ1n) is 7.98. The van der Waals surface area contributed by atoms with Crippen molar-refractivity contribution in [2.45, 2.75) is 65.0 Å². The zero-order valence-corrected chi connectivity index (χ0v) is 13.5. The summed E-state index contributed by atoms with van der Waals surface area (Å²) in [5.74, 6) is 0.0773. The molecule has 0 aliphatic heterocycles. The van der Waals surface area contributed by atoms with E-state index < -0.39 is 0 Å². The third kappa shape index (κ3) is 4.85. The number of benzene rings is 1. The Morgan fingerprint density at radius 3 is 2.81 bits per heavy atom. The summed E-state index contributed by atoms with van der Waals surface area (Å²) in [5.41, 5.74) is 8.91. The van der Waals surface area contributed by atoms with E-state index in [-0.39, 0.29) is 23.4 Å². The van der Waals surface area contributed by atoms with Crippen molar-refractivity contribution >= 4 is 5.91 Å². The molecule has 1 aliphatic rings. The van der Waals surface area contributed by atoms with E-state index >= 15 is 0 Å². The maximum absolute atomic E-state index is 12.2. The molecular weight excluding hydrogens is 260 g/mol. The van der Waals surface area contributed by atoms with Gasteiger partial charge in [-0.25, -0.2) is 0 Å². The van der Waals surface area contributed by atoms with Gasteiger partial charge < -0.3 is 11.1 Å². The number of hydrogen-bond donors (Lipinski definition) is 2. The summed E-state index contributed by atoms with van der Waals surface area (Å²) < 4.78 is 0. The largest absolute Gasteiger partial charge is 0.349 e. The lowest BCUT2D eigenvalue weighted by Gasteiger charge is -2.27. The molecule has 0 radical (unpaired) electrons. The Hall–Kier alpha value is -1.35. The van der Waals surface area contributed by atoms with E-state index in [1.54, 1.807) is 0 Å². The molecule has 116 valence electrons. The summed E-state index contributed by atoms with van der Waals surface area (Å²) in [4.78, 5) is 12.2. The highest BCUT2D eigenvalue weighted by atomic mass is 16.1. The van der Waals surface area contributed by atoms with Gasteiger partial charge in [0.25, 0.3) is 0 Å². The van der Waals surface area contributed by atoms with Gasteiger partial charge in [-0.15, -0.1) is 0 Å². The minimum atomic E-state index is -0.0659. The topological polar surface area (TPSA) is 55.1 Å². The molecule has 0 fully saturated rings. The number of fused-ring (bicyclic) bond motifs is 1. The Kier molecular flexibility index (Phi) is 5.04. The Morgan fingerprint density at radius 1 is 1.38 bits per heavy atom. The van der Waals surface area contributed by atoms with Crippen LogP contribution in [0.3, 0.4) is 0 Å². The Bertz CT molecular complexity index is 490. The molecule has 0 saturated carbocycles. The lowest BCUT2D eigenvalue weighted by atomic mass is 9.86. The van der Waals surface area contributed by atoms with Crippen LogP contribution in [0.1, 0.15) is 63.6 Å². The molecule has 2 rings (SSSR count). The minimum absolute atomic E-state index is 0.0659. The van der Waals surface area contributed by atoms with Gasteiger partial charge >= 0.3 is 0 Å². The highest BCUT2D eigenvalue weighted by Crippen LogP contribution is 2.29. The number of hydrogen-bond acceptors (Lipinski definition) is 2. The molecule has 2 atom stereocenters.